The average molecular weight is 532 g/mol. The summed E-state index contributed by atoms with van der Waals surface area (Å²) in [6.07, 6.45) is -3.51. The first-order chi connectivity index (χ1) is 16.8. The SMILES string of the molecule is Nc1ncc(-c2ccc(-c3ccccc3S(=O)(=O)NC[C@H](O)CO)cc2F)cn1.O=C(O)C(F)(F)F. The number of carboxylic acid groups (broad SMARTS) is 1. The lowest BCUT2D eigenvalue weighted by Gasteiger charge is -2.14. The lowest BCUT2D eigenvalue weighted by molar-refractivity contribution is -0.192. The number of hydrogen-bond donors (Lipinski definition) is 5. The van der Waals surface area contributed by atoms with Crippen LogP contribution in [0.3, 0.4) is 0 Å². The summed E-state index contributed by atoms with van der Waals surface area (Å²) in [5, 5.41) is 25.4. The van der Waals surface area contributed by atoms with Gasteiger partial charge in [0.1, 0.15) is 5.82 Å². The second-order valence-electron chi connectivity index (χ2n) is 7.01. The van der Waals surface area contributed by atoms with E-state index in [4.69, 9.17) is 20.7 Å². The van der Waals surface area contributed by atoms with Crippen LogP contribution in [0, 0.1) is 5.82 Å². The molecular weight excluding hydrogens is 512 g/mol. The Balaban J connectivity index is 0.000000572. The minimum absolute atomic E-state index is 0.0729. The largest absolute Gasteiger partial charge is 0.490 e. The Labute approximate surface area is 202 Å². The summed E-state index contributed by atoms with van der Waals surface area (Å²) in [6.45, 7) is -0.927. The number of carboxylic acids is 1. The third-order valence-electron chi connectivity index (χ3n) is 4.40. The number of alkyl halides is 3. The number of halogens is 4. The highest BCUT2D eigenvalue weighted by atomic mass is 32.2. The molecule has 0 unspecified atom stereocenters. The summed E-state index contributed by atoms with van der Waals surface area (Å²) in [6, 6.07) is 10.4. The lowest BCUT2D eigenvalue weighted by Crippen LogP contribution is -2.34. The van der Waals surface area contributed by atoms with Crippen LogP contribution in [0.1, 0.15) is 0 Å². The van der Waals surface area contributed by atoms with Crippen LogP contribution in [-0.2, 0) is 14.8 Å². The molecule has 0 fully saturated rings. The van der Waals surface area contributed by atoms with Crippen molar-refractivity contribution in [2.45, 2.75) is 17.2 Å². The third-order valence-corrected chi connectivity index (χ3v) is 5.88. The Morgan fingerprint density at radius 2 is 1.64 bits per heavy atom. The van der Waals surface area contributed by atoms with E-state index >= 15 is 0 Å². The Morgan fingerprint density at radius 3 is 2.17 bits per heavy atom. The van der Waals surface area contributed by atoms with Crippen LogP contribution in [0.15, 0.2) is 59.8 Å². The second kappa shape index (κ2) is 11.9. The maximum atomic E-state index is 14.7. The number of hydrogen-bond acceptors (Lipinski definition) is 8. The van der Waals surface area contributed by atoms with Crippen molar-refractivity contribution in [3.8, 4) is 22.3 Å². The van der Waals surface area contributed by atoms with Crippen LogP contribution < -0.4 is 10.5 Å². The van der Waals surface area contributed by atoms with Gasteiger partial charge in [-0.15, -0.1) is 0 Å². The number of aliphatic hydroxyl groups is 2. The molecule has 0 saturated heterocycles. The number of aliphatic carboxylic acids is 1. The molecular formula is C21H20F4N4O6S. The van der Waals surface area contributed by atoms with E-state index in [1.807, 2.05) is 0 Å². The topological polar surface area (TPSA) is 176 Å². The molecule has 3 aromatic rings. The monoisotopic (exact) mass is 532 g/mol. The van der Waals surface area contributed by atoms with Crippen molar-refractivity contribution in [2.24, 2.45) is 0 Å². The number of aliphatic hydroxyl groups excluding tert-OH is 2. The highest BCUT2D eigenvalue weighted by Gasteiger charge is 2.38. The van der Waals surface area contributed by atoms with Gasteiger partial charge in [-0.3, -0.25) is 0 Å². The fraction of sp³-hybridized carbons (Fsp3) is 0.190. The predicted molar refractivity (Wildman–Crippen MR) is 119 cm³/mol. The number of carbonyl (C=O) groups is 1. The molecule has 194 valence electrons. The van der Waals surface area contributed by atoms with E-state index in [2.05, 4.69) is 14.7 Å². The van der Waals surface area contributed by atoms with Gasteiger partial charge in [0.2, 0.25) is 16.0 Å². The molecule has 0 aliphatic rings. The molecule has 0 aliphatic heterocycles. The fourth-order valence-electron chi connectivity index (χ4n) is 2.68. The van der Waals surface area contributed by atoms with Gasteiger partial charge in [-0.2, -0.15) is 13.2 Å². The van der Waals surface area contributed by atoms with Crippen molar-refractivity contribution < 1.29 is 46.1 Å². The van der Waals surface area contributed by atoms with E-state index in [9.17, 15) is 31.1 Å². The third kappa shape index (κ3) is 7.67. The molecule has 15 heteroatoms. The van der Waals surface area contributed by atoms with Crippen molar-refractivity contribution in [3.05, 3.63) is 60.7 Å². The summed E-state index contributed by atoms with van der Waals surface area (Å²) in [4.78, 5) is 16.5. The highest BCUT2D eigenvalue weighted by molar-refractivity contribution is 7.89. The maximum Gasteiger partial charge on any atom is 0.490 e. The van der Waals surface area contributed by atoms with Crippen molar-refractivity contribution in [3.63, 3.8) is 0 Å². The molecule has 2 aromatic carbocycles. The molecule has 1 heterocycles. The van der Waals surface area contributed by atoms with Crippen LogP contribution in [-0.4, -0.2) is 65.1 Å². The number of nitrogens with one attached hydrogen (secondary N) is 1. The minimum Gasteiger partial charge on any atom is -0.475 e. The maximum absolute atomic E-state index is 14.7. The number of aromatic nitrogens is 2. The van der Waals surface area contributed by atoms with Gasteiger partial charge in [0, 0.05) is 35.6 Å². The van der Waals surface area contributed by atoms with Gasteiger partial charge in [0.05, 0.1) is 17.6 Å². The highest BCUT2D eigenvalue weighted by Crippen LogP contribution is 2.31. The molecule has 1 atom stereocenters. The summed E-state index contributed by atoms with van der Waals surface area (Å²) >= 11 is 0. The zero-order chi connectivity index (χ0) is 27.1. The second-order valence-corrected chi connectivity index (χ2v) is 8.75. The normalized spacial score (nSPS) is 12.4. The summed E-state index contributed by atoms with van der Waals surface area (Å²) in [7, 11) is -4.00. The smallest absolute Gasteiger partial charge is 0.475 e. The van der Waals surface area contributed by atoms with E-state index in [0.29, 0.717) is 11.1 Å². The molecule has 0 aliphatic carbocycles. The first kappa shape index (κ1) is 28.6. The van der Waals surface area contributed by atoms with Gasteiger partial charge in [-0.05, 0) is 17.7 Å². The van der Waals surface area contributed by atoms with Gasteiger partial charge < -0.3 is 21.1 Å². The number of benzene rings is 2. The molecule has 0 saturated carbocycles. The Morgan fingerprint density at radius 1 is 1.06 bits per heavy atom. The number of nitrogens with two attached hydrogens (primary N) is 1. The van der Waals surface area contributed by atoms with Gasteiger partial charge >= 0.3 is 12.1 Å². The molecule has 6 N–H and O–H groups in total. The van der Waals surface area contributed by atoms with Crippen molar-refractivity contribution in [1.29, 1.82) is 0 Å². The first-order valence-electron chi connectivity index (χ1n) is 9.81. The number of anilines is 1. The quantitative estimate of drug-likeness (QED) is 0.284. The Kier molecular flexibility index (Phi) is 9.41. The molecule has 3 rings (SSSR count). The lowest BCUT2D eigenvalue weighted by atomic mass is 10.0. The molecule has 1 aromatic heterocycles. The minimum atomic E-state index is -5.08. The number of sulfonamides is 1. The van der Waals surface area contributed by atoms with E-state index in [1.165, 1.54) is 36.7 Å². The zero-order valence-corrected chi connectivity index (χ0v) is 19.0. The van der Waals surface area contributed by atoms with Gasteiger partial charge in [-0.25, -0.2) is 32.3 Å². The van der Waals surface area contributed by atoms with Crippen LogP contribution in [0.2, 0.25) is 0 Å². The molecule has 0 radical (unpaired) electrons. The number of nitrogen functional groups attached to an aromatic ring is 1. The van der Waals surface area contributed by atoms with E-state index < -0.39 is 40.7 Å². The average Bonchev–Trinajstić information content (AvgIpc) is 2.83. The van der Waals surface area contributed by atoms with Crippen molar-refractivity contribution in [2.75, 3.05) is 18.9 Å². The van der Waals surface area contributed by atoms with Crippen LogP contribution in [0.5, 0.6) is 0 Å². The molecule has 10 nitrogen and oxygen atoms in total. The Hall–Kier alpha value is -3.66. The van der Waals surface area contributed by atoms with Gasteiger partial charge in [-0.1, -0.05) is 30.3 Å². The summed E-state index contributed by atoms with van der Waals surface area (Å²) in [5.74, 6) is -3.26. The number of nitrogens with zero attached hydrogens (tertiary/aromatic N) is 2. The van der Waals surface area contributed by atoms with Crippen molar-refractivity contribution >= 4 is 21.9 Å². The van der Waals surface area contributed by atoms with Crippen LogP contribution in [0.4, 0.5) is 23.5 Å². The molecule has 36 heavy (non-hydrogen) atoms. The van der Waals surface area contributed by atoms with Gasteiger partial charge in [0.15, 0.2) is 0 Å². The van der Waals surface area contributed by atoms with Crippen LogP contribution >= 0.6 is 0 Å². The molecule has 0 spiro atoms. The summed E-state index contributed by atoms with van der Waals surface area (Å²) in [5.41, 5.74) is 6.77. The molecule has 0 bridgehead atoms. The van der Waals surface area contributed by atoms with Crippen molar-refractivity contribution in [1.82, 2.24) is 14.7 Å². The zero-order valence-electron chi connectivity index (χ0n) is 18.1. The molecule has 0 amide bonds. The summed E-state index contributed by atoms with van der Waals surface area (Å²) < 4.78 is 74.0. The number of rotatable bonds is 7. The van der Waals surface area contributed by atoms with Crippen LogP contribution in [0.25, 0.3) is 22.3 Å². The first-order valence-corrected chi connectivity index (χ1v) is 11.3. The standard InChI is InChI=1S/C19H19FN4O4S.C2HF3O2/c20-17-7-12(5-6-15(17)13-8-22-19(21)23-9-13)16-3-1-2-4-18(16)29(27,28)24-10-14(26)11-25;3-2(4,5)1(6)7/h1-9,14,24-26H,10-11H2,(H2,21,22,23);(H,6,7)/t14-;/m0./s1. The Bertz CT molecular complexity index is 1300. The van der Waals surface area contributed by atoms with E-state index in [0.717, 1.165) is 0 Å². The van der Waals surface area contributed by atoms with Gasteiger partial charge in [0.25, 0.3) is 0 Å². The predicted octanol–water partition coefficient (Wildman–Crippen LogP) is 1.80. The fourth-order valence-corrected chi connectivity index (χ4v) is 3.98. The van der Waals surface area contributed by atoms with E-state index in [1.54, 1.807) is 18.2 Å². The van der Waals surface area contributed by atoms with E-state index in [-0.39, 0.29) is 28.5 Å².